The molecule has 2 fully saturated rings. The van der Waals surface area contributed by atoms with Crippen LogP contribution in [0.25, 0.3) is 0 Å². The minimum Gasteiger partial charge on any atom is -0.393 e. The molecule has 1 N–H and O–H groups in total. The van der Waals surface area contributed by atoms with Gasteiger partial charge in [0.2, 0.25) is 0 Å². The summed E-state index contributed by atoms with van der Waals surface area (Å²) in [4.78, 5) is 23.7. The quantitative estimate of drug-likeness (QED) is 0.823. The van der Waals surface area contributed by atoms with Crippen LogP contribution in [0.2, 0.25) is 0 Å². The monoisotopic (exact) mass is 415 g/mol. The predicted octanol–water partition coefficient (Wildman–Crippen LogP) is 1.99. The molecule has 0 aromatic carbocycles. The molecule has 8 heteroatoms. The predicted molar refractivity (Wildman–Crippen MR) is 114 cm³/mol. The van der Waals surface area contributed by atoms with Crippen molar-refractivity contribution in [2.45, 2.75) is 63.6 Å². The van der Waals surface area contributed by atoms with Crippen LogP contribution < -0.4 is 10.5 Å². The number of likely N-dealkylation sites (tertiary alicyclic amines) is 1. The number of thiazole rings is 1. The molecular formula is C21H29N5O2S. The average molecular weight is 416 g/mol. The summed E-state index contributed by atoms with van der Waals surface area (Å²) >= 11 is 1.87. The van der Waals surface area contributed by atoms with Gasteiger partial charge in [0, 0.05) is 30.6 Å². The van der Waals surface area contributed by atoms with Gasteiger partial charge >= 0.3 is 0 Å². The van der Waals surface area contributed by atoms with E-state index in [1.165, 1.54) is 28.4 Å². The smallest absolute Gasteiger partial charge is 0.269 e. The second-order valence-electron chi connectivity index (χ2n) is 8.58. The molecule has 3 aliphatic rings. The highest BCUT2D eigenvalue weighted by atomic mass is 32.1. The first-order chi connectivity index (χ1) is 14.2. The summed E-state index contributed by atoms with van der Waals surface area (Å²) in [5.41, 5.74) is 2.18. The van der Waals surface area contributed by atoms with Crippen LogP contribution >= 0.6 is 11.3 Å². The standard InChI is InChI=1S/C21H29N5O2S/c27-17-6-9-25(10-7-17)16-11-21(28)26(22-12-16)15-3-2-8-24(13-15)14-20-23-18-4-1-5-19(18)29-20/h11-12,15,17,27H,1-10,13-14H2. The molecule has 1 aliphatic carbocycles. The second kappa shape index (κ2) is 8.16. The molecule has 0 amide bonds. The van der Waals surface area contributed by atoms with Crippen molar-refractivity contribution < 1.29 is 5.11 Å². The van der Waals surface area contributed by atoms with Crippen molar-refractivity contribution in [3.05, 3.63) is 38.2 Å². The summed E-state index contributed by atoms with van der Waals surface area (Å²) in [5, 5.41) is 15.4. The van der Waals surface area contributed by atoms with Crippen molar-refractivity contribution in [3.63, 3.8) is 0 Å². The molecular weight excluding hydrogens is 386 g/mol. The van der Waals surface area contributed by atoms with E-state index in [1.807, 2.05) is 17.5 Å². The summed E-state index contributed by atoms with van der Waals surface area (Å²) in [6, 6.07) is 1.84. The molecule has 156 valence electrons. The molecule has 2 saturated heterocycles. The second-order valence-corrected chi connectivity index (χ2v) is 9.75. The summed E-state index contributed by atoms with van der Waals surface area (Å²) in [5.74, 6) is 0. The van der Waals surface area contributed by atoms with Gasteiger partial charge in [0.25, 0.3) is 5.56 Å². The van der Waals surface area contributed by atoms with E-state index in [4.69, 9.17) is 4.98 Å². The van der Waals surface area contributed by atoms with Gasteiger partial charge < -0.3 is 10.0 Å². The van der Waals surface area contributed by atoms with Crippen LogP contribution in [0.4, 0.5) is 5.69 Å². The van der Waals surface area contributed by atoms with E-state index in [9.17, 15) is 9.90 Å². The van der Waals surface area contributed by atoms with Crippen LogP contribution in [-0.2, 0) is 19.4 Å². The molecule has 5 rings (SSSR count). The van der Waals surface area contributed by atoms with Crippen molar-refractivity contribution in [2.75, 3.05) is 31.1 Å². The summed E-state index contributed by atoms with van der Waals surface area (Å²) in [6.45, 7) is 4.36. The van der Waals surface area contributed by atoms with Crippen molar-refractivity contribution in [1.82, 2.24) is 19.7 Å². The molecule has 0 radical (unpaired) electrons. The van der Waals surface area contributed by atoms with Crippen LogP contribution in [0.3, 0.4) is 0 Å². The molecule has 1 unspecified atom stereocenters. The molecule has 4 heterocycles. The first kappa shape index (κ1) is 19.2. The Hall–Kier alpha value is -1.77. The third-order valence-corrected chi connectivity index (χ3v) is 7.61. The Labute approximate surface area is 175 Å². The van der Waals surface area contributed by atoms with Gasteiger partial charge in [0.15, 0.2) is 0 Å². The molecule has 0 spiro atoms. The molecule has 2 aromatic rings. The van der Waals surface area contributed by atoms with E-state index in [0.29, 0.717) is 0 Å². The third kappa shape index (κ3) is 4.11. The maximum Gasteiger partial charge on any atom is 0.269 e. The zero-order valence-corrected chi connectivity index (χ0v) is 17.6. The highest BCUT2D eigenvalue weighted by Crippen LogP contribution is 2.29. The van der Waals surface area contributed by atoms with E-state index in [-0.39, 0.29) is 17.7 Å². The van der Waals surface area contributed by atoms with Crippen molar-refractivity contribution in [1.29, 1.82) is 0 Å². The van der Waals surface area contributed by atoms with Crippen LogP contribution in [-0.4, -0.2) is 57.1 Å². The molecule has 2 aromatic heterocycles. The van der Waals surface area contributed by atoms with Crippen LogP contribution in [0.5, 0.6) is 0 Å². The molecule has 29 heavy (non-hydrogen) atoms. The summed E-state index contributed by atoms with van der Waals surface area (Å²) in [6.07, 6.45) is 8.76. The number of fused-ring (bicyclic) bond motifs is 1. The normalized spacial score (nSPS) is 23.5. The largest absolute Gasteiger partial charge is 0.393 e. The number of piperidine rings is 2. The van der Waals surface area contributed by atoms with Gasteiger partial charge in [-0.3, -0.25) is 9.69 Å². The van der Waals surface area contributed by atoms with E-state index in [0.717, 1.165) is 70.5 Å². The first-order valence-corrected chi connectivity index (χ1v) is 11.7. The van der Waals surface area contributed by atoms with Gasteiger partial charge in [-0.2, -0.15) is 5.10 Å². The molecule has 7 nitrogen and oxygen atoms in total. The lowest BCUT2D eigenvalue weighted by Crippen LogP contribution is -2.41. The van der Waals surface area contributed by atoms with Gasteiger partial charge in [0.05, 0.1) is 36.3 Å². The zero-order valence-electron chi connectivity index (χ0n) is 16.8. The van der Waals surface area contributed by atoms with Gasteiger partial charge in [-0.15, -0.1) is 11.3 Å². The van der Waals surface area contributed by atoms with Crippen LogP contribution in [0, 0.1) is 0 Å². The third-order valence-electron chi connectivity index (χ3n) is 6.47. The Morgan fingerprint density at radius 2 is 2.00 bits per heavy atom. The van der Waals surface area contributed by atoms with Crippen molar-refractivity contribution in [2.24, 2.45) is 0 Å². The fourth-order valence-corrected chi connectivity index (χ4v) is 6.06. The number of aliphatic hydroxyl groups excluding tert-OH is 1. The Bertz CT molecular complexity index is 897. The number of aliphatic hydroxyl groups is 1. The Kier molecular flexibility index (Phi) is 5.41. The summed E-state index contributed by atoms with van der Waals surface area (Å²) < 4.78 is 1.68. The fourth-order valence-electron chi connectivity index (χ4n) is 4.86. The maximum absolute atomic E-state index is 12.8. The van der Waals surface area contributed by atoms with Crippen LogP contribution in [0.15, 0.2) is 17.1 Å². The SMILES string of the molecule is O=c1cc(N2CCC(O)CC2)cnn1C1CCCN(Cc2nc3c(s2)CCC3)C1. The first-order valence-electron chi connectivity index (χ1n) is 10.9. The number of hydrogen-bond acceptors (Lipinski definition) is 7. The number of rotatable bonds is 4. The van der Waals surface area contributed by atoms with Crippen LogP contribution in [0.1, 0.15) is 53.7 Å². The number of aryl methyl sites for hydroxylation is 2. The Balaban J connectivity index is 1.25. The highest BCUT2D eigenvalue weighted by molar-refractivity contribution is 7.11. The lowest BCUT2D eigenvalue weighted by Gasteiger charge is -2.33. The number of aromatic nitrogens is 3. The number of anilines is 1. The topological polar surface area (TPSA) is 74.5 Å². The molecule has 0 saturated carbocycles. The lowest BCUT2D eigenvalue weighted by molar-refractivity contribution is 0.145. The number of hydrogen-bond donors (Lipinski definition) is 1. The maximum atomic E-state index is 12.8. The molecule has 2 aliphatic heterocycles. The van der Waals surface area contributed by atoms with E-state index in [2.05, 4.69) is 14.9 Å². The molecule has 0 bridgehead atoms. The van der Waals surface area contributed by atoms with Gasteiger partial charge in [-0.25, -0.2) is 9.67 Å². The minimum absolute atomic E-state index is 0.0197. The Morgan fingerprint density at radius 3 is 2.79 bits per heavy atom. The average Bonchev–Trinajstić information content (AvgIpc) is 3.30. The van der Waals surface area contributed by atoms with Crippen molar-refractivity contribution in [3.8, 4) is 0 Å². The molecule has 1 atom stereocenters. The zero-order chi connectivity index (χ0) is 19.8. The highest BCUT2D eigenvalue weighted by Gasteiger charge is 2.26. The van der Waals surface area contributed by atoms with E-state index < -0.39 is 0 Å². The van der Waals surface area contributed by atoms with Gasteiger partial charge in [-0.05, 0) is 51.5 Å². The van der Waals surface area contributed by atoms with Crippen molar-refractivity contribution >= 4 is 17.0 Å². The summed E-state index contributed by atoms with van der Waals surface area (Å²) in [7, 11) is 0. The fraction of sp³-hybridized carbons (Fsp3) is 0.667. The number of nitrogens with zero attached hydrogens (tertiary/aromatic N) is 5. The van der Waals surface area contributed by atoms with Gasteiger partial charge in [0.1, 0.15) is 5.01 Å². The Morgan fingerprint density at radius 1 is 1.14 bits per heavy atom. The lowest BCUT2D eigenvalue weighted by atomic mass is 10.1. The van der Waals surface area contributed by atoms with E-state index in [1.54, 1.807) is 10.7 Å². The minimum atomic E-state index is -0.216. The van der Waals surface area contributed by atoms with E-state index >= 15 is 0 Å². The van der Waals surface area contributed by atoms with Gasteiger partial charge in [-0.1, -0.05) is 0 Å².